The molecule has 2 rings (SSSR count). The van der Waals surface area contributed by atoms with Gasteiger partial charge in [0.2, 0.25) is 0 Å². The van der Waals surface area contributed by atoms with Gasteiger partial charge in [-0.3, -0.25) is 4.84 Å². The molecular formula is C18H22N2O3. The van der Waals surface area contributed by atoms with Gasteiger partial charge in [-0.15, -0.1) is 0 Å². The minimum atomic E-state index is -0.368. The number of amides is 2. The molecule has 0 unspecified atom stereocenters. The van der Waals surface area contributed by atoms with Gasteiger partial charge in [0.05, 0.1) is 13.2 Å². The molecule has 2 aromatic rings. The molecule has 0 aliphatic heterocycles. The molecule has 5 heteroatoms. The third kappa shape index (κ3) is 6.10. The predicted octanol–water partition coefficient (Wildman–Crippen LogP) is 3.15. The van der Waals surface area contributed by atoms with Gasteiger partial charge in [0.15, 0.2) is 0 Å². The molecule has 23 heavy (non-hydrogen) atoms. The van der Waals surface area contributed by atoms with Crippen molar-refractivity contribution >= 4 is 6.03 Å². The first-order valence-corrected chi connectivity index (χ1v) is 7.63. The fourth-order valence-electron chi connectivity index (χ4n) is 2.05. The topological polar surface area (TPSA) is 59.6 Å². The quantitative estimate of drug-likeness (QED) is 0.736. The molecule has 0 atom stereocenters. The van der Waals surface area contributed by atoms with Crippen molar-refractivity contribution in [2.24, 2.45) is 0 Å². The molecule has 2 aromatic carbocycles. The van der Waals surface area contributed by atoms with Crippen LogP contribution in [0.25, 0.3) is 0 Å². The maximum absolute atomic E-state index is 11.8. The number of hydrogen-bond donors (Lipinski definition) is 2. The lowest BCUT2D eigenvalue weighted by Crippen LogP contribution is -2.35. The number of urea groups is 1. The molecule has 0 saturated heterocycles. The summed E-state index contributed by atoms with van der Waals surface area (Å²) in [5.74, 6) is 0. The van der Waals surface area contributed by atoms with Gasteiger partial charge in [-0.1, -0.05) is 54.6 Å². The minimum Gasteiger partial charge on any atom is -0.377 e. The van der Waals surface area contributed by atoms with Crippen molar-refractivity contribution in [3.8, 4) is 0 Å². The van der Waals surface area contributed by atoms with E-state index in [1.54, 1.807) is 0 Å². The van der Waals surface area contributed by atoms with Crippen molar-refractivity contribution < 1.29 is 14.4 Å². The van der Waals surface area contributed by atoms with Crippen LogP contribution >= 0.6 is 0 Å². The number of carbonyl (C=O) groups is 1. The second kappa shape index (κ2) is 9.61. The highest BCUT2D eigenvalue weighted by Crippen LogP contribution is 2.09. The van der Waals surface area contributed by atoms with Crippen LogP contribution in [0.3, 0.4) is 0 Å². The highest BCUT2D eigenvalue weighted by molar-refractivity contribution is 5.72. The molecule has 0 heterocycles. The van der Waals surface area contributed by atoms with E-state index in [0.717, 1.165) is 16.7 Å². The zero-order valence-electron chi connectivity index (χ0n) is 13.2. The Hall–Kier alpha value is -2.37. The Kier molecular flexibility index (Phi) is 7.10. The van der Waals surface area contributed by atoms with Crippen LogP contribution in [0.15, 0.2) is 54.6 Å². The minimum absolute atomic E-state index is 0.329. The monoisotopic (exact) mass is 314 g/mol. The number of ether oxygens (including phenoxy) is 1. The van der Waals surface area contributed by atoms with E-state index in [4.69, 9.17) is 9.57 Å². The molecule has 0 saturated carbocycles. The van der Waals surface area contributed by atoms with Gasteiger partial charge in [-0.25, -0.2) is 10.3 Å². The van der Waals surface area contributed by atoms with Crippen LogP contribution in [-0.2, 0) is 29.3 Å². The summed E-state index contributed by atoms with van der Waals surface area (Å²) >= 11 is 0. The summed E-state index contributed by atoms with van der Waals surface area (Å²) in [6, 6.07) is 17.2. The SMILES string of the molecule is CCOCc1ccccc1CNC(=O)NOCc1ccccc1. The van der Waals surface area contributed by atoms with Crippen LogP contribution in [0.1, 0.15) is 23.6 Å². The number of hydroxylamine groups is 1. The fraction of sp³-hybridized carbons (Fsp3) is 0.278. The number of hydrogen-bond acceptors (Lipinski definition) is 3. The summed E-state index contributed by atoms with van der Waals surface area (Å²) in [4.78, 5) is 16.9. The predicted molar refractivity (Wildman–Crippen MR) is 88.4 cm³/mol. The van der Waals surface area contributed by atoms with Gasteiger partial charge in [0, 0.05) is 13.2 Å². The number of nitrogens with one attached hydrogen (secondary N) is 2. The van der Waals surface area contributed by atoms with Crippen molar-refractivity contribution in [3.05, 3.63) is 71.3 Å². The average molecular weight is 314 g/mol. The molecule has 0 spiro atoms. The Labute approximate surface area is 136 Å². The first kappa shape index (κ1) is 17.0. The lowest BCUT2D eigenvalue weighted by atomic mass is 10.1. The van der Waals surface area contributed by atoms with Gasteiger partial charge in [0.25, 0.3) is 0 Å². The third-order valence-corrected chi connectivity index (χ3v) is 3.27. The first-order chi connectivity index (χ1) is 11.3. The van der Waals surface area contributed by atoms with E-state index >= 15 is 0 Å². The standard InChI is InChI=1S/C18H22N2O3/c1-2-22-14-17-11-7-6-10-16(17)12-19-18(21)20-23-13-15-8-4-3-5-9-15/h3-11H,2,12-14H2,1H3,(H2,19,20,21). The second-order valence-corrected chi connectivity index (χ2v) is 4.96. The third-order valence-electron chi connectivity index (χ3n) is 3.27. The van der Waals surface area contributed by atoms with E-state index in [2.05, 4.69) is 10.8 Å². The molecule has 0 aromatic heterocycles. The zero-order valence-corrected chi connectivity index (χ0v) is 13.2. The first-order valence-electron chi connectivity index (χ1n) is 7.63. The second-order valence-electron chi connectivity index (χ2n) is 4.96. The van der Waals surface area contributed by atoms with Crippen molar-refractivity contribution in [2.75, 3.05) is 6.61 Å². The van der Waals surface area contributed by atoms with E-state index < -0.39 is 0 Å². The van der Waals surface area contributed by atoms with Crippen molar-refractivity contribution in [1.82, 2.24) is 10.8 Å². The van der Waals surface area contributed by atoms with Crippen LogP contribution in [0, 0.1) is 0 Å². The van der Waals surface area contributed by atoms with Crippen molar-refractivity contribution in [3.63, 3.8) is 0 Å². The lowest BCUT2D eigenvalue weighted by molar-refractivity contribution is 0.0489. The van der Waals surface area contributed by atoms with Crippen LogP contribution in [-0.4, -0.2) is 12.6 Å². The lowest BCUT2D eigenvalue weighted by Gasteiger charge is -2.11. The van der Waals surface area contributed by atoms with Crippen LogP contribution in [0.5, 0.6) is 0 Å². The Balaban J connectivity index is 1.74. The van der Waals surface area contributed by atoms with Crippen molar-refractivity contribution in [1.29, 1.82) is 0 Å². The molecule has 0 fully saturated rings. The van der Waals surface area contributed by atoms with Crippen LogP contribution in [0.4, 0.5) is 4.79 Å². The van der Waals surface area contributed by atoms with Crippen LogP contribution < -0.4 is 10.8 Å². The van der Waals surface area contributed by atoms with Crippen molar-refractivity contribution in [2.45, 2.75) is 26.7 Å². The van der Waals surface area contributed by atoms with E-state index in [0.29, 0.717) is 26.4 Å². The smallest absolute Gasteiger partial charge is 0.338 e. The molecule has 122 valence electrons. The van der Waals surface area contributed by atoms with Crippen LogP contribution in [0.2, 0.25) is 0 Å². The van der Waals surface area contributed by atoms with Gasteiger partial charge in [-0.05, 0) is 23.6 Å². The molecule has 0 radical (unpaired) electrons. The number of carbonyl (C=O) groups excluding carboxylic acids is 1. The largest absolute Gasteiger partial charge is 0.377 e. The van der Waals surface area contributed by atoms with Gasteiger partial charge in [0.1, 0.15) is 0 Å². The van der Waals surface area contributed by atoms with Gasteiger partial charge in [-0.2, -0.15) is 0 Å². The summed E-state index contributed by atoms with van der Waals surface area (Å²) in [5, 5.41) is 2.77. The summed E-state index contributed by atoms with van der Waals surface area (Å²) in [6.45, 7) is 3.91. The Morgan fingerprint density at radius 3 is 2.39 bits per heavy atom. The normalized spacial score (nSPS) is 10.3. The summed E-state index contributed by atoms with van der Waals surface area (Å²) < 4.78 is 5.43. The Morgan fingerprint density at radius 2 is 1.65 bits per heavy atom. The highest BCUT2D eigenvalue weighted by atomic mass is 16.7. The highest BCUT2D eigenvalue weighted by Gasteiger charge is 2.05. The van der Waals surface area contributed by atoms with Gasteiger partial charge >= 0.3 is 6.03 Å². The molecular weight excluding hydrogens is 292 g/mol. The summed E-state index contributed by atoms with van der Waals surface area (Å²) in [7, 11) is 0. The maximum atomic E-state index is 11.8. The Bertz CT molecular complexity index is 602. The average Bonchev–Trinajstić information content (AvgIpc) is 2.60. The molecule has 0 aliphatic carbocycles. The summed E-state index contributed by atoms with van der Waals surface area (Å²) in [6.07, 6.45) is 0. The molecule has 0 aliphatic rings. The fourth-order valence-corrected chi connectivity index (χ4v) is 2.05. The number of benzene rings is 2. The van der Waals surface area contributed by atoms with E-state index in [-0.39, 0.29) is 6.03 Å². The molecule has 2 amide bonds. The molecule has 2 N–H and O–H groups in total. The molecule has 0 bridgehead atoms. The maximum Gasteiger partial charge on any atom is 0.338 e. The zero-order chi connectivity index (χ0) is 16.3. The number of rotatable bonds is 8. The van der Waals surface area contributed by atoms with E-state index in [1.165, 1.54) is 0 Å². The van der Waals surface area contributed by atoms with E-state index in [1.807, 2.05) is 61.5 Å². The molecule has 5 nitrogen and oxygen atoms in total. The van der Waals surface area contributed by atoms with E-state index in [9.17, 15) is 4.79 Å². The summed E-state index contributed by atoms with van der Waals surface area (Å²) in [5.41, 5.74) is 5.47. The van der Waals surface area contributed by atoms with Gasteiger partial charge < -0.3 is 10.1 Å². The Morgan fingerprint density at radius 1 is 0.957 bits per heavy atom.